The lowest BCUT2D eigenvalue weighted by Gasteiger charge is -2.12. The van der Waals surface area contributed by atoms with E-state index < -0.39 is 18.6 Å². The minimum absolute atomic E-state index is 0.0390. The molecule has 28 heavy (non-hydrogen) atoms. The summed E-state index contributed by atoms with van der Waals surface area (Å²) < 4.78 is 36.8. The molecule has 0 fully saturated rings. The van der Waals surface area contributed by atoms with Crippen LogP contribution in [0.4, 0.5) is 18.9 Å². The topological polar surface area (TPSA) is 58.2 Å². The number of alkyl halides is 3. The smallest absolute Gasteiger partial charge is 0.343 e. The normalized spacial score (nSPS) is 11.2. The van der Waals surface area contributed by atoms with Crippen molar-refractivity contribution in [3.8, 4) is 0 Å². The first-order valence-corrected chi connectivity index (χ1v) is 9.78. The van der Waals surface area contributed by atoms with Crippen molar-refractivity contribution >= 4 is 29.3 Å². The predicted octanol–water partition coefficient (Wildman–Crippen LogP) is 4.79. The van der Waals surface area contributed by atoms with Crippen molar-refractivity contribution in [3.63, 3.8) is 0 Å². The lowest BCUT2D eigenvalue weighted by atomic mass is 10.1. The first-order valence-electron chi connectivity index (χ1n) is 8.63. The number of amides is 2. The van der Waals surface area contributed by atoms with Gasteiger partial charge in [-0.15, -0.1) is 0 Å². The van der Waals surface area contributed by atoms with Crippen LogP contribution >= 0.6 is 11.8 Å². The number of carbonyl (C=O) groups is 2. The highest BCUT2D eigenvalue weighted by Crippen LogP contribution is 2.20. The molecule has 2 aromatic rings. The third kappa shape index (κ3) is 6.60. The van der Waals surface area contributed by atoms with Crippen LogP contribution in [0.15, 0.2) is 42.5 Å². The van der Waals surface area contributed by atoms with Crippen molar-refractivity contribution in [1.82, 2.24) is 5.32 Å². The Hall–Kier alpha value is -2.48. The molecule has 2 rings (SSSR count). The third-order valence-corrected chi connectivity index (χ3v) is 4.83. The number of aryl methyl sites for hydroxylation is 1. The van der Waals surface area contributed by atoms with Crippen LogP contribution in [-0.4, -0.2) is 30.3 Å². The molecule has 150 valence electrons. The van der Waals surface area contributed by atoms with Gasteiger partial charge in [-0.1, -0.05) is 25.1 Å². The second-order valence-corrected chi connectivity index (χ2v) is 7.39. The SMILES string of the molecule is CCSCc1ccc(C(=O)Nc2cc(C(=O)NCC(F)(F)F)ccc2C)cc1. The number of thioether (sulfide) groups is 1. The average Bonchev–Trinajstić information content (AvgIpc) is 2.66. The van der Waals surface area contributed by atoms with E-state index in [0.717, 1.165) is 17.1 Å². The van der Waals surface area contributed by atoms with Crippen molar-refractivity contribution in [2.75, 3.05) is 17.6 Å². The molecule has 0 aromatic heterocycles. The Balaban J connectivity index is 2.08. The molecular weight excluding hydrogens is 389 g/mol. The molecule has 0 saturated carbocycles. The second kappa shape index (κ2) is 9.64. The maximum atomic E-state index is 12.5. The van der Waals surface area contributed by atoms with Gasteiger partial charge < -0.3 is 10.6 Å². The predicted molar refractivity (Wildman–Crippen MR) is 106 cm³/mol. The molecule has 0 radical (unpaired) electrons. The molecule has 0 aliphatic rings. The van der Waals surface area contributed by atoms with E-state index >= 15 is 0 Å². The second-order valence-electron chi connectivity index (χ2n) is 6.12. The molecule has 2 N–H and O–H groups in total. The first kappa shape index (κ1) is 21.8. The fourth-order valence-electron chi connectivity index (χ4n) is 2.35. The Morgan fingerprint density at radius 1 is 1.00 bits per heavy atom. The molecule has 0 heterocycles. The van der Waals surface area contributed by atoms with Crippen molar-refractivity contribution in [2.24, 2.45) is 0 Å². The van der Waals surface area contributed by atoms with Gasteiger partial charge in [0, 0.05) is 22.6 Å². The fourth-order valence-corrected chi connectivity index (χ4v) is 2.98. The number of anilines is 1. The minimum Gasteiger partial charge on any atom is -0.343 e. The molecule has 4 nitrogen and oxygen atoms in total. The number of benzene rings is 2. The van der Waals surface area contributed by atoms with Gasteiger partial charge in [-0.3, -0.25) is 9.59 Å². The molecule has 0 saturated heterocycles. The number of nitrogens with one attached hydrogen (secondary N) is 2. The summed E-state index contributed by atoms with van der Waals surface area (Å²) in [5, 5.41) is 4.53. The van der Waals surface area contributed by atoms with Crippen molar-refractivity contribution in [1.29, 1.82) is 0 Å². The molecule has 0 atom stereocenters. The van der Waals surface area contributed by atoms with Gasteiger partial charge in [0.05, 0.1) is 0 Å². The van der Waals surface area contributed by atoms with Crippen molar-refractivity contribution < 1.29 is 22.8 Å². The zero-order chi connectivity index (χ0) is 20.7. The van der Waals surface area contributed by atoms with E-state index in [1.165, 1.54) is 12.1 Å². The van der Waals surface area contributed by atoms with E-state index in [4.69, 9.17) is 0 Å². The largest absolute Gasteiger partial charge is 0.405 e. The van der Waals surface area contributed by atoms with Gasteiger partial charge in [-0.2, -0.15) is 24.9 Å². The van der Waals surface area contributed by atoms with E-state index in [0.29, 0.717) is 16.8 Å². The van der Waals surface area contributed by atoms with Crippen molar-refractivity contribution in [3.05, 3.63) is 64.7 Å². The lowest BCUT2D eigenvalue weighted by molar-refractivity contribution is -0.123. The number of carbonyl (C=O) groups excluding carboxylic acids is 2. The molecule has 0 spiro atoms. The number of halogens is 3. The molecule has 0 aliphatic heterocycles. The molecule has 0 aliphatic carbocycles. The fraction of sp³-hybridized carbons (Fsp3) is 0.300. The van der Waals surface area contributed by atoms with E-state index in [9.17, 15) is 22.8 Å². The average molecular weight is 410 g/mol. The summed E-state index contributed by atoms with van der Waals surface area (Å²) >= 11 is 1.78. The summed E-state index contributed by atoms with van der Waals surface area (Å²) in [6, 6.07) is 11.5. The Labute approximate surface area is 165 Å². The molecule has 2 amide bonds. The van der Waals surface area contributed by atoms with Gasteiger partial charge in [0.25, 0.3) is 11.8 Å². The van der Waals surface area contributed by atoms with Crippen LogP contribution in [0.5, 0.6) is 0 Å². The third-order valence-electron chi connectivity index (χ3n) is 3.89. The van der Waals surface area contributed by atoms with E-state index in [-0.39, 0.29) is 11.5 Å². The quantitative estimate of drug-likeness (QED) is 0.690. The first-order chi connectivity index (χ1) is 13.2. The minimum atomic E-state index is -4.49. The maximum absolute atomic E-state index is 12.5. The number of rotatable bonds is 7. The van der Waals surface area contributed by atoms with Gasteiger partial charge in [0.1, 0.15) is 6.54 Å². The lowest BCUT2D eigenvalue weighted by Crippen LogP contribution is -2.33. The van der Waals surface area contributed by atoms with Gasteiger partial charge in [0.15, 0.2) is 0 Å². The highest BCUT2D eigenvalue weighted by Gasteiger charge is 2.28. The van der Waals surface area contributed by atoms with Gasteiger partial charge in [-0.25, -0.2) is 0 Å². The van der Waals surface area contributed by atoms with Crippen LogP contribution in [0.3, 0.4) is 0 Å². The zero-order valence-electron chi connectivity index (χ0n) is 15.5. The van der Waals surface area contributed by atoms with E-state index in [1.807, 2.05) is 17.4 Å². The summed E-state index contributed by atoms with van der Waals surface area (Å²) in [5.74, 6) is 0.664. The molecule has 0 bridgehead atoms. The van der Waals surface area contributed by atoms with Crippen LogP contribution < -0.4 is 10.6 Å². The van der Waals surface area contributed by atoms with Gasteiger partial charge in [-0.05, 0) is 48.1 Å². The molecule has 2 aromatic carbocycles. The van der Waals surface area contributed by atoms with Crippen LogP contribution in [0.1, 0.15) is 38.8 Å². The number of hydrogen-bond donors (Lipinski definition) is 2. The van der Waals surface area contributed by atoms with E-state index in [1.54, 1.807) is 36.9 Å². The van der Waals surface area contributed by atoms with E-state index in [2.05, 4.69) is 12.2 Å². The summed E-state index contributed by atoms with van der Waals surface area (Å²) in [4.78, 5) is 24.4. The Morgan fingerprint density at radius 3 is 2.25 bits per heavy atom. The zero-order valence-corrected chi connectivity index (χ0v) is 16.3. The Morgan fingerprint density at radius 2 is 1.64 bits per heavy atom. The maximum Gasteiger partial charge on any atom is 0.405 e. The number of hydrogen-bond acceptors (Lipinski definition) is 3. The van der Waals surface area contributed by atoms with Gasteiger partial charge >= 0.3 is 6.18 Å². The highest BCUT2D eigenvalue weighted by atomic mass is 32.2. The monoisotopic (exact) mass is 410 g/mol. The van der Waals surface area contributed by atoms with Crippen LogP contribution in [0.2, 0.25) is 0 Å². The molecular formula is C20H21F3N2O2S. The van der Waals surface area contributed by atoms with Gasteiger partial charge in [0.2, 0.25) is 0 Å². The summed E-state index contributed by atoms with van der Waals surface area (Å²) in [5.41, 5.74) is 2.67. The Bertz CT molecular complexity index is 836. The highest BCUT2D eigenvalue weighted by molar-refractivity contribution is 7.98. The standard InChI is InChI=1S/C20H21F3N2O2S/c1-3-28-11-14-5-8-15(9-6-14)19(27)25-17-10-16(7-4-13(17)2)18(26)24-12-20(21,22)23/h4-10H,3,11-12H2,1-2H3,(H,24,26)(H,25,27). The summed E-state index contributed by atoms with van der Waals surface area (Å²) in [6.45, 7) is 2.40. The Kier molecular flexibility index (Phi) is 7.51. The molecule has 0 unspecified atom stereocenters. The summed E-state index contributed by atoms with van der Waals surface area (Å²) in [6.07, 6.45) is -4.49. The summed E-state index contributed by atoms with van der Waals surface area (Å²) in [7, 11) is 0. The van der Waals surface area contributed by atoms with Crippen LogP contribution in [0.25, 0.3) is 0 Å². The van der Waals surface area contributed by atoms with Crippen molar-refractivity contribution in [2.45, 2.75) is 25.8 Å². The van der Waals surface area contributed by atoms with Crippen LogP contribution in [0, 0.1) is 6.92 Å². The molecule has 8 heteroatoms. The van der Waals surface area contributed by atoms with Crippen LogP contribution in [-0.2, 0) is 5.75 Å².